The Bertz CT molecular complexity index is 1100. The molecule has 1 amide bonds. The van der Waals surface area contributed by atoms with Crippen LogP contribution in [0.4, 0.5) is 4.39 Å². The number of rotatable bonds is 7. The first-order valence-electron chi connectivity index (χ1n) is 11.1. The highest BCUT2D eigenvalue weighted by atomic mass is 35.5. The zero-order valence-corrected chi connectivity index (χ0v) is 19.1. The summed E-state index contributed by atoms with van der Waals surface area (Å²) in [6, 6.07) is 11.5. The Kier molecular flexibility index (Phi) is 6.72. The Balaban J connectivity index is 1.56. The second-order valence-corrected chi connectivity index (χ2v) is 8.97. The van der Waals surface area contributed by atoms with Gasteiger partial charge in [0.1, 0.15) is 5.82 Å². The fraction of sp³-hybridized carbons (Fsp3) is 0.360. The molecule has 0 aliphatic carbocycles. The smallest absolute Gasteiger partial charge is 0.335 e. The first kappa shape index (κ1) is 23.3. The minimum Gasteiger partial charge on any atom is -0.478 e. The van der Waals surface area contributed by atoms with Gasteiger partial charge < -0.3 is 21.1 Å². The van der Waals surface area contributed by atoms with Crippen molar-refractivity contribution in [2.75, 3.05) is 19.6 Å². The molecule has 2 aromatic carbocycles. The van der Waals surface area contributed by atoms with Gasteiger partial charge in [-0.25, -0.2) is 9.18 Å². The van der Waals surface area contributed by atoms with Gasteiger partial charge >= 0.3 is 5.97 Å². The van der Waals surface area contributed by atoms with Crippen molar-refractivity contribution in [3.05, 3.63) is 81.3 Å². The molecular formula is C25H27ClFN3O3. The van der Waals surface area contributed by atoms with E-state index >= 15 is 0 Å². The third-order valence-corrected chi connectivity index (χ3v) is 6.89. The van der Waals surface area contributed by atoms with Crippen molar-refractivity contribution >= 4 is 23.5 Å². The van der Waals surface area contributed by atoms with Crippen LogP contribution in [0.1, 0.15) is 53.1 Å². The van der Waals surface area contributed by atoms with Crippen LogP contribution in [0.2, 0.25) is 5.02 Å². The number of hydrogen-bond donors (Lipinski definition) is 3. The highest BCUT2D eigenvalue weighted by Gasteiger charge is 2.41. The van der Waals surface area contributed by atoms with Crippen LogP contribution in [0, 0.1) is 5.82 Å². The molecule has 174 valence electrons. The van der Waals surface area contributed by atoms with Crippen LogP contribution >= 0.6 is 11.6 Å². The van der Waals surface area contributed by atoms with Gasteiger partial charge in [-0.3, -0.25) is 4.79 Å². The molecule has 2 aliphatic heterocycles. The van der Waals surface area contributed by atoms with Gasteiger partial charge in [0, 0.05) is 24.2 Å². The van der Waals surface area contributed by atoms with Gasteiger partial charge in [-0.15, -0.1) is 0 Å². The number of nitrogens with one attached hydrogen (secondary N) is 1. The number of aromatic carboxylic acids is 1. The summed E-state index contributed by atoms with van der Waals surface area (Å²) in [6.07, 6.45) is 1.34. The van der Waals surface area contributed by atoms with E-state index in [9.17, 15) is 19.1 Å². The van der Waals surface area contributed by atoms with E-state index in [1.807, 2.05) is 12.1 Å². The summed E-state index contributed by atoms with van der Waals surface area (Å²) in [4.78, 5) is 26.5. The molecule has 3 atom stereocenters. The summed E-state index contributed by atoms with van der Waals surface area (Å²) < 4.78 is 13.7. The highest BCUT2D eigenvalue weighted by Crippen LogP contribution is 2.41. The number of carboxylic acids is 1. The normalized spacial score (nSPS) is 20.5. The number of amides is 1. The lowest BCUT2D eigenvalue weighted by atomic mass is 9.85. The second-order valence-electron chi connectivity index (χ2n) is 8.57. The number of nitrogens with two attached hydrogens (primary N) is 1. The molecule has 0 fully saturated rings. The average Bonchev–Trinajstić information content (AvgIpc) is 3.36. The maximum absolute atomic E-state index is 13.7. The lowest BCUT2D eigenvalue weighted by molar-refractivity contribution is -0.131. The summed E-state index contributed by atoms with van der Waals surface area (Å²) in [5, 5.41) is 12.8. The number of benzene rings is 2. The number of nitrogens with zero attached hydrogens (tertiary/aromatic N) is 1. The zero-order valence-electron chi connectivity index (χ0n) is 18.4. The van der Waals surface area contributed by atoms with Gasteiger partial charge in [-0.1, -0.05) is 36.7 Å². The summed E-state index contributed by atoms with van der Waals surface area (Å²) in [5.41, 5.74) is 9.92. The predicted molar refractivity (Wildman–Crippen MR) is 125 cm³/mol. The summed E-state index contributed by atoms with van der Waals surface area (Å²) in [7, 11) is 0. The molecular weight excluding hydrogens is 445 g/mol. The van der Waals surface area contributed by atoms with Crippen molar-refractivity contribution in [1.29, 1.82) is 0 Å². The summed E-state index contributed by atoms with van der Waals surface area (Å²) >= 11 is 5.96. The SMILES string of the molecule is CCC1NC2=C(CN(C(=O)C(CCN)c3ccc(F)c(Cl)c3)C2)C1c1ccc(C(=O)O)cc1. The van der Waals surface area contributed by atoms with Crippen LogP contribution in [-0.4, -0.2) is 47.6 Å². The van der Waals surface area contributed by atoms with Crippen molar-refractivity contribution in [2.45, 2.75) is 37.6 Å². The van der Waals surface area contributed by atoms with E-state index in [1.165, 1.54) is 12.1 Å². The van der Waals surface area contributed by atoms with E-state index in [0.29, 0.717) is 31.6 Å². The fourth-order valence-electron chi connectivity index (χ4n) is 4.93. The number of carbonyl (C=O) groups excluding carboxylic acids is 1. The number of halogens is 2. The number of carboxylic acid groups (broad SMARTS) is 1. The van der Waals surface area contributed by atoms with Gasteiger partial charge in [0.15, 0.2) is 0 Å². The molecule has 2 heterocycles. The molecule has 4 rings (SSSR count). The molecule has 0 saturated carbocycles. The van der Waals surface area contributed by atoms with Crippen LogP contribution in [0.25, 0.3) is 0 Å². The molecule has 6 nitrogen and oxygen atoms in total. The monoisotopic (exact) mass is 471 g/mol. The summed E-state index contributed by atoms with van der Waals surface area (Å²) in [5.74, 6) is -1.97. The molecule has 2 aromatic rings. The molecule has 4 N–H and O–H groups in total. The molecule has 0 saturated heterocycles. The van der Waals surface area contributed by atoms with E-state index in [2.05, 4.69) is 12.2 Å². The highest BCUT2D eigenvalue weighted by molar-refractivity contribution is 6.30. The van der Waals surface area contributed by atoms with Crippen LogP contribution < -0.4 is 11.1 Å². The van der Waals surface area contributed by atoms with Crippen LogP contribution in [0.5, 0.6) is 0 Å². The van der Waals surface area contributed by atoms with Crippen LogP contribution in [0.3, 0.4) is 0 Å². The van der Waals surface area contributed by atoms with Crippen molar-refractivity contribution in [3.63, 3.8) is 0 Å². The quantitative estimate of drug-likeness (QED) is 0.569. The van der Waals surface area contributed by atoms with Gasteiger partial charge in [-0.05, 0) is 60.4 Å². The minimum absolute atomic E-state index is 0.0123. The first-order chi connectivity index (χ1) is 15.8. The standard InChI is InChI=1S/C25H27ClFN3O3/c1-2-21-23(14-3-5-15(6-4-14)25(32)33)18-12-30(13-22(18)29-21)24(31)17(9-10-28)16-7-8-20(27)19(26)11-16/h3-8,11,17,21,23,29H,2,9-10,12-13,28H2,1H3,(H,32,33). The fourth-order valence-corrected chi connectivity index (χ4v) is 5.12. The van der Waals surface area contributed by atoms with Crippen LogP contribution in [0.15, 0.2) is 53.7 Å². The lowest BCUT2D eigenvalue weighted by Crippen LogP contribution is -2.39. The third kappa shape index (κ3) is 4.48. The maximum Gasteiger partial charge on any atom is 0.335 e. The maximum atomic E-state index is 13.7. The van der Waals surface area contributed by atoms with Gasteiger partial charge in [-0.2, -0.15) is 0 Å². The van der Waals surface area contributed by atoms with Crippen molar-refractivity contribution < 1.29 is 19.1 Å². The third-order valence-electron chi connectivity index (χ3n) is 6.60. The van der Waals surface area contributed by atoms with Gasteiger partial charge in [0.2, 0.25) is 5.91 Å². The topological polar surface area (TPSA) is 95.7 Å². The van der Waals surface area contributed by atoms with E-state index in [4.69, 9.17) is 17.3 Å². The molecule has 0 spiro atoms. The minimum atomic E-state index is -0.956. The number of hydrogen-bond acceptors (Lipinski definition) is 4. The first-order valence-corrected chi connectivity index (χ1v) is 11.5. The van der Waals surface area contributed by atoms with E-state index in [-0.39, 0.29) is 28.5 Å². The number of carbonyl (C=O) groups is 2. The molecule has 33 heavy (non-hydrogen) atoms. The van der Waals surface area contributed by atoms with Crippen molar-refractivity contribution in [3.8, 4) is 0 Å². The molecule has 0 bridgehead atoms. The Hall–Kier alpha value is -2.90. The largest absolute Gasteiger partial charge is 0.478 e. The Labute approximate surface area is 197 Å². The predicted octanol–water partition coefficient (Wildman–Crippen LogP) is 3.87. The second kappa shape index (κ2) is 9.53. The lowest BCUT2D eigenvalue weighted by Gasteiger charge is -2.29. The van der Waals surface area contributed by atoms with E-state index in [0.717, 1.165) is 23.3 Å². The van der Waals surface area contributed by atoms with Gasteiger partial charge in [0.05, 0.1) is 23.0 Å². The zero-order chi connectivity index (χ0) is 23.7. The molecule has 0 aromatic heterocycles. The molecule has 3 unspecified atom stereocenters. The summed E-state index contributed by atoms with van der Waals surface area (Å²) in [6.45, 7) is 3.39. The van der Waals surface area contributed by atoms with Crippen LogP contribution in [-0.2, 0) is 4.79 Å². The Morgan fingerprint density at radius 1 is 1.24 bits per heavy atom. The Morgan fingerprint density at radius 3 is 2.58 bits per heavy atom. The molecule has 8 heteroatoms. The molecule has 2 aliphatic rings. The molecule has 0 radical (unpaired) electrons. The van der Waals surface area contributed by atoms with Gasteiger partial charge in [0.25, 0.3) is 0 Å². The van der Waals surface area contributed by atoms with Crippen molar-refractivity contribution in [2.24, 2.45) is 5.73 Å². The van der Waals surface area contributed by atoms with Crippen molar-refractivity contribution in [1.82, 2.24) is 10.2 Å². The van der Waals surface area contributed by atoms with E-state index < -0.39 is 17.7 Å². The average molecular weight is 472 g/mol. The van der Waals surface area contributed by atoms with E-state index in [1.54, 1.807) is 23.1 Å². The Morgan fingerprint density at radius 2 is 1.97 bits per heavy atom.